The van der Waals surface area contributed by atoms with E-state index in [4.69, 9.17) is 9.84 Å². The molecule has 1 aliphatic heterocycles. The molecule has 1 aromatic heterocycles. The minimum Gasteiger partial charge on any atom is -0.481 e. The molecule has 0 unspecified atom stereocenters. The van der Waals surface area contributed by atoms with Crippen LogP contribution in [0.2, 0.25) is 0 Å². The van der Waals surface area contributed by atoms with Crippen LogP contribution in [0.15, 0.2) is 17.5 Å². The van der Waals surface area contributed by atoms with Gasteiger partial charge in [-0.15, -0.1) is 11.3 Å². The molecule has 0 aromatic carbocycles. The molecule has 1 saturated heterocycles. The highest BCUT2D eigenvalue weighted by molar-refractivity contribution is 7.10. The Labute approximate surface area is 115 Å². The molecule has 2 N–H and O–H groups in total. The first-order valence-corrected chi connectivity index (χ1v) is 7.22. The Morgan fingerprint density at radius 1 is 1.53 bits per heavy atom. The molecule has 1 aromatic rings. The molecule has 0 saturated carbocycles. The van der Waals surface area contributed by atoms with Crippen LogP contribution in [0.4, 0.5) is 0 Å². The van der Waals surface area contributed by atoms with Gasteiger partial charge in [-0.05, 0) is 30.7 Å². The number of thiophene rings is 1. The average molecular weight is 283 g/mol. The zero-order chi connectivity index (χ0) is 13.7. The fourth-order valence-corrected chi connectivity index (χ4v) is 2.88. The van der Waals surface area contributed by atoms with Gasteiger partial charge in [-0.2, -0.15) is 0 Å². The second-order valence-corrected chi connectivity index (χ2v) is 5.51. The normalized spacial score (nSPS) is 20.7. The van der Waals surface area contributed by atoms with Gasteiger partial charge in [0.1, 0.15) is 6.10 Å². The van der Waals surface area contributed by atoms with Gasteiger partial charge in [-0.3, -0.25) is 9.59 Å². The van der Waals surface area contributed by atoms with Crippen molar-refractivity contribution in [3.63, 3.8) is 0 Å². The van der Waals surface area contributed by atoms with Crippen LogP contribution in [0.5, 0.6) is 0 Å². The van der Waals surface area contributed by atoms with Crippen molar-refractivity contribution in [2.24, 2.45) is 0 Å². The second kappa shape index (κ2) is 6.68. The van der Waals surface area contributed by atoms with Crippen molar-refractivity contribution >= 4 is 23.2 Å². The van der Waals surface area contributed by atoms with Crippen LogP contribution < -0.4 is 5.32 Å². The van der Waals surface area contributed by atoms with E-state index in [1.807, 2.05) is 17.5 Å². The summed E-state index contributed by atoms with van der Waals surface area (Å²) < 4.78 is 5.41. The maximum absolute atomic E-state index is 12.1. The summed E-state index contributed by atoms with van der Waals surface area (Å²) in [6.07, 6.45) is 2.10. The number of amides is 1. The average Bonchev–Trinajstić information content (AvgIpc) is 2.92. The third-order valence-electron chi connectivity index (χ3n) is 3.05. The summed E-state index contributed by atoms with van der Waals surface area (Å²) in [6.45, 7) is 0.598. The van der Waals surface area contributed by atoms with E-state index in [1.54, 1.807) is 0 Å². The molecule has 104 valence electrons. The number of carbonyl (C=O) groups excluding carboxylic acids is 1. The molecule has 2 atom stereocenters. The van der Waals surface area contributed by atoms with E-state index >= 15 is 0 Å². The van der Waals surface area contributed by atoms with Gasteiger partial charge in [0.2, 0.25) is 5.91 Å². The van der Waals surface area contributed by atoms with Gasteiger partial charge in [-0.25, -0.2) is 0 Å². The quantitative estimate of drug-likeness (QED) is 0.866. The van der Waals surface area contributed by atoms with E-state index in [2.05, 4.69) is 5.32 Å². The van der Waals surface area contributed by atoms with Crippen LogP contribution in [0, 0.1) is 0 Å². The van der Waals surface area contributed by atoms with E-state index in [0.717, 1.165) is 17.7 Å². The van der Waals surface area contributed by atoms with Crippen molar-refractivity contribution in [2.75, 3.05) is 6.61 Å². The van der Waals surface area contributed by atoms with Gasteiger partial charge in [0.05, 0.1) is 12.5 Å². The molecule has 0 bridgehead atoms. The van der Waals surface area contributed by atoms with Crippen LogP contribution >= 0.6 is 11.3 Å². The SMILES string of the molecule is O=C(O)C[C@H](NC(=O)[C@H]1CCCCO1)c1cccs1. The minimum absolute atomic E-state index is 0.112. The van der Waals surface area contributed by atoms with Gasteiger partial charge < -0.3 is 15.2 Å². The highest BCUT2D eigenvalue weighted by Crippen LogP contribution is 2.23. The molecule has 1 aliphatic rings. The number of ether oxygens (including phenoxy) is 1. The Hall–Kier alpha value is -1.40. The number of rotatable bonds is 5. The van der Waals surface area contributed by atoms with E-state index < -0.39 is 18.1 Å². The zero-order valence-electron chi connectivity index (χ0n) is 10.5. The summed E-state index contributed by atoms with van der Waals surface area (Å²) in [7, 11) is 0. The first-order chi connectivity index (χ1) is 9.16. The molecule has 0 spiro atoms. The van der Waals surface area contributed by atoms with E-state index in [9.17, 15) is 9.59 Å². The molecule has 0 radical (unpaired) electrons. The number of carboxylic acids is 1. The summed E-state index contributed by atoms with van der Waals surface area (Å²) >= 11 is 1.44. The summed E-state index contributed by atoms with van der Waals surface area (Å²) in [6, 6.07) is 3.20. The lowest BCUT2D eigenvalue weighted by Gasteiger charge is -2.24. The van der Waals surface area contributed by atoms with Gasteiger partial charge in [0.15, 0.2) is 0 Å². The molecule has 1 amide bonds. The number of hydrogen-bond donors (Lipinski definition) is 2. The minimum atomic E-state index is -0.928. The van der Waals surface area contributed by atoms with Crippen LogP contribution in [0.1, 0.15) is 36.6 Å². The summed E-state index contributed by atoms with van der Waals surface area (Å²) in [5.41, 5.74) is 0. The second-order valence-electron chi connectivity index (χ2n) is 4.53. The van der Waals surface area contributed by atoms with Crippen molar-refractivity contribution in [3.05, 3.63) is 22.4 Å². The predicted molar refractivity (Wildman–Crippen MR) is 71.0 cm³/mol. The zero-order valence-corrected chi connectivity index (χ0v) is 11.3. The fourth-order valence-electron chi connectivity index (χ4n) is 2.10. The third kappa shape index (κ3) is 4.04. The Morgan fingerprint density at radius 3 is 2.95 bits per heavy atom. The monoisotopic (exact) mass is 283 g/mol. The van der Waals surface area contributed by atoms with E-state index in [0.29, 0.717) is 13.0 Å². The number of nitrogens with one attached hydrogen (secondary N) is 1. The van der Waals surface area contributed by atoms with Crippen molar-refractivity contribution in [3.8, 4) is 0 Å². The summed E-state index contributed by atoms with van der Waals surface area (Å²) in [5, 5.41) is 13.6. The topological polar surface area (TPSA) is 75.6 Å². The van der Waals surface area contributed by atoms with Crippen LogP contribution in [0.25, 0.3) is 0 Å². The Bertz CT molecular complexity index is 426. The molecular weight excluding hydrogens is 266 g/mol. The van der Waals surface area contributed by atoms with Crippen LogP contribution in [-0.4, -0.2) is 29.7 Å². The number of hydrogen-bond acceptors (Lipinski definition) is 4. The molecule has 0 aliphatic carbocycles. The van der Waals surface area contributed by atoms with Crippen molar-refractivity contribution in [1.82, 2.24) is 5.32 Å². The highest BCUT2D eigenvalue weighted by Gasteiger charge is 2.26. The summed E-state index contributed by atoms with van der Waals surface area (Å²) in [5.74, 6) is -1.14. The lowest BCUT2D eigenvalue weighted by Crippen LogP contribution is -2.40. The maximum atomic E-state index is 12.1. The highest BCUT2D eigenvalue weighted by atomic mass is 32.1. The third-order valence-corrected chi connectivity index (χ3v) is 4.04. The smallest absolute Gasteiger partial charge is 0.305 e. The summed E-state index contributed by atoms with van der Waals surface area (Å²) in [4.78, 5) is 23.8. The van der Waals surface area contributed by atoms with Crippen LogP contribution in [0.3, 0.4) is 0 Å². The first-order valence-electron chi connectivity index (χ1n) is 6.34. The fraction of sp³-hybridized carbons (Fsp3) is 0.538. The standard InChI is InChI=1S/C13H17NO4S/c15-12(16)8-9(11-5-3-7-19-11)14-13(17)10-4-1-2-6-18-10/h3,5,7,9-10H,1-2,4,6,8H2,(H,14,17)(H,15,16)/t9-,10+/m0/s1. The lowest BCUT2D eigenvalue weighted by molar-refractivity contribution is -0.139. The van der Waals surface area contributed by atoms with Gasteiger partial charge >= 0.3 is 5.97 Å². The number of carbonyl (C=O) groups is 2. The van der Waals surface area contributed by atoms with Crippen molar-refractivity contribution in [2.45, 2.75) is 37.8 Å². The van der Waals surface area contributed by atoms with Crippen molar-refractivity contribution < 1.29 is 19.4 Å². The molecular formula is C13H17NO4S. The van der Waals surface area contributed by atoms with Gasteiger partial charge in [0.25, 0.3) is 0 Å². The number of aliphatic carboxylic acids is 1. The Kier molecular flexibility index (Phi) is 4.93. The Morgan fingerprint density at radius 2 is 2.37 bits per heavy atom. The molecule has 2 rings (SSSR count). The molecule has 1 fully saturated rings. The molecule has 19 heavy (non-hydrogen) atoms. The van der Waals surface area contributed by atoms with E-state index in [-0.39, 0.29) is 12.3 Å². The molecule has 6 heteroatoms. The largest absolute Gasteiger partial charge is 0.481 e. The first kappa shape index (κ1) is 14.0. The number of carboxylic acid groups (broad SMARTS) is 1. The van der Waals surface area contributed by atoms with Crippen LogP contribution in [-0.2, 0) is 14.3 Å². The maximum Gasteiger partial charge on any atom is 0.305 e. The van der Waals surface area contributed by atoms with Gasteiger partial charge in [-0.1, -0.05) is 6.07 Å². The lowest BCUT2D eigenvalue weighted by atomic mass is 10.1. The van der Waals surface area contributed by atoms with E-state index in [1.165, 1.54) is 11.3 Å². The Balaban J connectivity index is 1.99. The molecule has 2 heterocycles. The van der Waals surface area contributed by atoms with Crippen molar-refractivity contribution in [1.29, 1.82) is 0 Å². The van der Waals surface area contributed by atoms with Gasteiger partial charge in [0, 0.05) is 11.5 Å². The predicted octanol–water partition coefficient (Wildman–Crippen LogP) is 1.95. The molecule has 5 nitrogen and oxygen atoms in total.